The molecule has 1 atom stereocenters. The number of ketones is 1. The van der Waals surface area contributed by atoms with Crippen molar-refractivity contribution in [1.82, 2.24) is 5.32 Å². The number of halogens is 2. The number of rotatable bonds is 8. The van der Waals surface area contributed by atoms with Crippen LogP contribution in [0.4, 0.5) is 13.6 Å². The van der Waals surface area contributed by atoms with E-state index in [-0.39, 0.29) is 12.0 Å². The van der Waals surface area contributed by atoms with Crippen LogP contribution in [-0.4, -0.2) is 42.4 Å². The first-order chi connectivity index (χ1) is 10.8. The molecule has 2 amide bonds. The van der Waals surface area contributed by atoms with Gasteiger partial charge in [-0.05, 0) is 36.6 Å². The molecule has 0 aliphatic rings. The SMILES string of the molecule is CSCC[C@H](NC(N)=O)C(=O)OCC(=O)c1ccc(F)c(F)c1. The van der Waals surface area contributed by atoms with Crippen molar-refractivity contribution in [2.24, 2.45) is 5.73 Å². The highest BCUT2D eigenvalue weighted by atomic mass is 32.2. The van der Waals surface area contributed by atoms with Crippen molar-refractivity contribution >= 4 is 29.5 Å². The summed E-state index contributed by atoms with van der Waals surface area (Å²) >= 11 is 1.45. The van der Waals surface area contributed by atoms with Crippen LogP contribution in [-0.2, 0) is 9.53 Å². The Hall–Kier alpha value is -2.16. The molecular weight excluding hydrogens is 330 g/mol. The molecule has 0 saturated carbocycles. The lowest BCUT2D eigenvalue weighted by molar-refractivity contribution is -0.144. The molecule has 0 saturated heterocycles. The van der Waals surface area contributed by atoms with Gasteiger partial charge in [0.2, 0.25) is 0 Å². The Bertz CT molecular complexity index is 598. The predicted octanol–water partition coefficient (Wildman–Crippen LogP) is 1.48. The van der Waals surface area contributed by atoms with Crippen LogP contribution in [0.3, 0.4) is 0 Å². The number of esters is 1. The molecule has 3 N–H and O–H groups in total. The van der Waals surface area contributed by atoms with Crippen molar-refractivity contribution < 1.29 is 27.9 Å². The first-order valence-corrected chi connectivity index (χ1v) is 7.94. The van der Waals surface area contributed by atoms with Crippen molar-refractivity contribution in [3.63, 3.8) is 0 Å². The number of ether oxygens (including phenoxy) is 1. The Morgan fingerprint density at radius 3 is 2.57 bits per heavy atom. The topological polar surface area (TPSA) is 98.5 Å². The van der Waals surface area contributed by atoms with Gasteiger partial charge in [0, 0.05) is 5.56 Å². The lowest BCUT2D eigenvalue weighted by Gasteiger charge is -2.15. The van der Waals surface area contributed by atoms with Crippen LogP contribution in [0.1, 0.15) is 16.8 Å². The van der Waals surface area contributed by atoms with Gasteiger partial charge in [-0.25, -0.2) is 18.4 Å². The standard InChI is InChI=1S/C14H16F2N2O4S/c1-23-5-4-11(18-14(17)21)13(20)22-7-12(19)8-2-3-9(15)10(16)6-8/h2-3,6,11H,4-5,7H2,1H3,(H3,17,18,21)/t11-/m0/s1. The fraction of sp³-hybridized carbons (Fsp3) is 0.357. The zero-order valence-corrected chi connectivity index (χ0v) is 13.1. The van der Waals surface area contributed by atoms with Gasteiger partial charge in [0.05, 0.1) is 0 Å². The van der Waals surface area contributed by atoms with Crippen LogP contribution in [0.5, 0.6) is 0 Å². The number of amides is 2. The molecule has 6 nitrogen and oxygen atoms in total. The van der Waals surface area contributed by atoms with Gasteiger partial charge in [-0.2, -0.15) is 11.8 Å². The van der Waals surface area contributed by atoms with Crippen molar-refractivity contribution in [3.05, 3.63) is 35.4 Å². The normalized spacial score (nSPS) is 11.6. The van der Waals surface area contributed by atoms with Crippen molar-refractivity contribution in [2.75, 3.05) is 18.6 Å². The quantitative estimate of drug-likeness (QED) is 0.549. The maximum absolute atomic E-state index is 13.1. The molecule has 0 heterocycles. The number of hydrogen-bond acceptors (Lipinski definition) is 5. The second kappa shape index (κ2) is 9.09. The molecule has 126 valence electrons. The van der Waals surface area contributed by atoms with Crippen LogP contribution >= 0.6 is 11.8 Å². The minimum Gasteiger partial charge on any atom is -0.456 e. The van der Waals surface area contributed by atoms with Crippen LogP contribution in [0.15, 0.2) is 18.2 Å². The van der Waals surface area contributed by atoms with Gasteiger partial charge in [0.1, 0.15) is 6.04 Å². The van der Waals surface area contributed by atoms with E-state index in [9.17, 15) is 23.2 Å². The first kappa shape index (κ1) is 18.9. The molecule has 23 heavy (non-hydrogen) atoms. The van der Waals surface area contributed by atoms with Gasteiger partial charge in [-0.3, -0.25) is 4.79 Å². The molecular formula is C14H16F2N2O4S. The third-order valence-corrected chi connectivity index (χ3v) is 3.44. The lowest BCUT2D eigenvalue weighted by atomic mass is 10.1. The average molecular weight is 346 g/mol. The summed E-state index contributed by atoms with van der Waals surface area (Å²) in [5, 5.41) is 2.22. The highest BCUT2D eigenvalue weighted by Gasteiger charge is 2.22. The molecule has 0 unspecified atom stereocenters. The Labute approximate surface area is 135 Å². The molecule has 1 aromatic rings. The summed E-state index contributed by atoms with van der Waals surface area (Å²) < 4.78 is 30.7. The minimum atomic E-state index is -1.17. The minimum absolute atomic E-state index is 0.125. The zero-order valence-electron chi connectivity index (χ0n) is 12.3. The van der Waals surface area contributed by atoms with Gasteiger partial charge < -0.3 is 15.8 Å². The number of carbonyl (C=O) groups excluding carboxylic acids is 3. The van der Waals surface area contributed by atoms with E-state index in [1.165, 1.54) is 11.8 Å². The van der Waals surface area contributed by atoms with E-state index < -0.39 is 42.1 Å². The number of urea groups is 1. The van der Waals surface area contributed by atoms with Gasteiger partial charge in [-0.15, -0.1) is 0 Å². The fourth-order valence-electron chi connectivity index (χ4n) is 1.65. The summed E-state index contributed by atoms with van der Waals surface area (Å²) in [7, 11) is 0. The second-order valence-electron chi connectivity index (χ2n) is 4.50. The molecule has 9 heteroatoms. The van der Waals surface area contributed by atoms with Gasteiger partial charge in [0.15, 0.2) is 24.0 Å². The van der Waals surface area contributed by atoms with E-state index in [1.807, 2.05) is 6.26 Å². The maximum atomic E-state index is 13.1. The molecule has 0 fully saturated rings. The highest BCUT2D eigenvalue weighted by molar-refractivity contribution is 7.98. The smallest absolute Gasteiger partial charge is 0.329 e. The number of thioether (sulfide) groups is 1. The molecule has 1 aromatic carbocycles. The lowest BCUT2D eigenvalue weighted by Crippen LogP contribution is -2.45. The zero-order chi connectivity index (χ0) is 17.4. The average Bonchev–Trinajstić information content (AvgIpc) is 2.51. The number of carbonyl (C=O) groups is 3. The van der Waals surface area contributed by atoms with Gasteiger partial charge >= 0.3 is 12.0 Å². The van der Waals surface area contributed by atoms with Crippen LogP contribution < -0.4 is 11.1 Å². The predicted molar refractivity (Wildman–Crippen MR) is 81.2 cm³/mol. The molecule has 0 aliphatic carbocycles. The van der Waals surface area contributed by atoms with E-state index in [1.54, 1.807) is 0 Å². The fourth-order valence-corrected chi connectivity index (χ4v) is 2.12. The Morgan fingerprint density at radius 2 is 2.00 bits per heavy atom. The summed E-state index contributed by atoms with van der Waals surface area (Å²) in [5.41, 5.74) is 4.85. The first-order valence-electron chi connectivity index (χ1n) is 6.55. The Balaban J connectivity index is 2.62. The van der Waals surface area contributed by atoms with E-state index in [0.717, 1.165) is 18.2 Å². The van der Waals surface area contributed by atoms with Crippen molar-refractivity contribution in [2.45, 2.75) is 12.5 Å². The maximum Gasteiger partial charge on any atom is 0.329 e. The number of primary amides is 1. The van der Waals surface area contributed by atoms with E-state index in [4.69, 9.17) is 10.5 Å². The summed E-state index contributed by atoms with van der Waals surface area (Å²) in [6.45, 7) is -0.653. The van der Waals surface area contributed by atoms with E-state index >= 15 is 0 Å². The highest BCUT2D eigenvalue weighted by Crippen LogP contribution is 2.10. The largest absolute Gasteiger partial charge is 0.456 e. The van der Waals surface area contributed by atoms with Crippen LogP contribution in [0.2, 0.25) is 0 Å². The summed E-state index contributed by atoms with van der Waals surface area (Å²) in [6, 6.07) is 0.748. The monoisotopic (exact) mass is 346 g/mol. The molecule has 1 rings (SSSR count). The number of Topliss-reactive ketones (excluding diaryl/α,β-unsaturated/α-hetero) is 1. The van der Waals surface area contributed by atoms with Crippen molar-refractivity contribution in [3.8, 4) is 0 Å². The number of hydrogen-bond donors (Lipinski definition) is 2. The van der Waals surface area contributed by atoms with Gasteiger partial charge in [0.25, 0.3) is 0 Å². The molecule has 0 aromatic heterocycles. The third kappa shape index (κ3) is 6.23. The molecule has 0 bridgehead atoms. The number of benzene rings is 1. The summed E-state index contributed by atoms with van der Waals surface area (Å²) in [6.07, 6.45) is 2.10. The molecule has 0 aliphatic heterocycles. The van der Waals surface area contributed by atoms with E-state index in [0.29, 0.717) is 5.75 Å². The van der Waals surface area contributed by atoms with E-state index in [2.05, 4.69) is 5.32 Å². The second-order valence-corrected chi connectivity index (χ2v) is 5.49. The van der Waals surface area contributed by atoms with Crippen LogP contribution in [0, 0.1) is 11.6 Å². The third-order valence-electron chi connectivity index (χ3n) is 2.80. The van der Waals surface area contributed by atoms with Crippen molar-refractivity contribution in [1.29, 1.82) is 0 Å². The Morgan fingerprint density at radius 1 is 1.30 bits per heavy atom. The molecule has 0 spiro atoms. The number of nitrogens with one attached hydrogen (secondary N) is 1. The number of nitrogens with two attached hydrogens (primary N) is 1. The summed E-state index contributed by atoms with van der Waals surface area (Å²) in [4.78, 5) is 34.5. The Kier molecular flexibility index (Phi) is 7.46. The van der Waals surface area contributed by atoms with Crippen LogP contribution in [0.25, 0.3) is 0 Å². The molecule has 0 radical (unpaired) electrons. The van der Waals surface area contributed by atoms with Gasteiger partial charge in [-0.1, -0.05) is 0 Å². The summed E-state index contributed by atoms with van der Waals surface area (Å²) in [5.74, 6) is -3.21.